The van der Waals surface area contributed by atoms with Crippen LogP contribution in [-0.4, -0.2) is 7.11 Å². The Morgan fingerprint density at radius 3 is 2.32 bits per heavy atom. The fourth-order valence-corrected chi connectivity index (χ4v) is 3.14. The smallest absolute Gasteiger partial charge is 0.119 e. The Balaban J connectivity index is 1.89. The van der Waals surface area contributed by atoms with Gasteiger partial charge in [0.05, 0.1) is 7.11 Å². The van der Waals surface area contributed by atoms with Crippen LogP contribution in [0, 0.1) is 5.92 Å². The molecule has 0 saturated heterocycles. The average molecular weight is 345 g/mol. The summed E-state index contributed by atoms with van der Waals surface area (Å²) in [7, 11) is 1.74. The van der Waals surface area contributed by atoms with Crippen LogP contribution in [0.25, 0.3) is 0 Å². The van der Waals surface area contributed by atoms with Crippen molar-refractivity contribution in [3.05, 3.63) is 42.0 Å². The Morgan fingerprint density at radius 2 is 1.60 bits per heavy atom. The van der Waals surface area contributed by atoms with E-state index in [0.29, 0.717) is 0 Å². The molecule has 0 aliphatic heterocycles. The monoisotopic (exact) mass is 344 g/mol. The maximum Gasteiger partial charge on any atom is 0.119 e. The molecule has 1 aromatic carbocycles. The molecule has 1 unspecified atom stereocenters. The average Bonchev–Trinajstić information content (AvgIpc) is 2.65. The minimum absolute atomic E-state index is 0.910. The predicted octanol–water partition coefficient (Wildman–Crippen LogP) is 7.74. The van der Waals surface area contributed by atoms with Crippen LogP contribution in [0.1, 0.15) is 90.0 Å². The van der Waals surface area contributed by atoms with Gasteiger partial charge in [-0.25, -0.2) is 0 Å². The van der Waals surface area contributed by atoms with Gasteiger partial charge in [0.2, 0.25) is 0 Å². The highest BCUT2D eigenvalue weighted by Gasteiger charge is 1.97. The second-order valence-electron chi connectivity index (χ2n) is 7.43. The number of hydrogen-bond acceptors (Lipinski definition) is 1. The van der Waals surface area contributed by atoms with Gasteiger partial charge in [-0.1, -0.05) is 76.7 Å². The van der Waals surface area contributed by atoms with Crippen LogP contribution >= 0.6 is 0 Å². The predicted molar refractivity (Wildman–Crippen MR) is 111 cm³/mol. The summed E-state index contributed by atoms with van der Waals surface area (Å²) in [5, 5.41) is 0. The van der Waals surface area contributed by atoms with Crippen LogP contribution in [0.3, 0.4) is 0 Å². The molecule has 1 rings (SSSR count). The zero-order valence-corrected chi connectivity index (χ0v) is 16.9. The molecular formula is C24H40O. The zero-order chi connectivity index (χ0) is 18.2. The third-order valence-electron chi connectivity index (χ3n) is 5.15. The molecule has 0 aliphatic rings. The Morgan fingerprint density at radius 1 is 0.920 bits per heavy atom. The summed E-state index contributed by atoms with van der Waals surface area (Å²) in [5.41, 5.74) is 1.40. The summed E-state index contributed by atoms with van der Waals surface area (Å²) in [5.74, 6) is 1.89. The van der Waals surface area contributed by atoms with Crippen molar-refractivity contribution in [3.63, 3.8) is 0 Å². The van der Waals surface area contributed by atoms with Crippen LogP contribution in [0.15, 0.2) is 36.4 Å². The van der Waals surface area contributed by atoms with E-state index in [1.54, 1.807) is 7.11 Å². The second kappa shape index (κ2) is 15.0. The van der Waals surface area contributed by atoms with Gasteiger partial charge in [0.15, 0.2) is 0 Å². The van der Waals surface area contributed by atoms with E-state index >= 15 is 0 Å². The lowest BCUT2D eigenvalue weighted by Crippen LogP contribution is -1.90. The van der Waals surface area contributed by atoms with E-state index in [1.165, 1.54) is 82.6 Å². The van der Waals surface area contributed by atoms with Gasteiger partial charge in [-0.05, 0) is 62.1 Å². The van der Waals surface area contributed by atoms with Gasteiger partial charge in [0, 0.05) is 0 Å². The van der Waals surface area contributed by atoms with E-state index in [9.17, 15) is 0 Å². The number of aryl methyl sites for hydroxylation is 1. The first kappa shape index (κ1) is 21.8. The first-order valence-electron chi connectivity index (χ1n) is 10.5. The molecular weight excluding hydrogens is 304 g/mol. The van der Waals surface area contributed by atoms with Crippen LogP contribution in [0.2, 0.25) is 0 Å². The minimum atomic E-state index is 0.910. The molecule has 0 N–H and O–H groups in total. The number of ether oxygens (including phenoxy) is 1. The summed E-state index contributed by atoms with van der Waals surface area (Å²) in [6.07, 6.45) is 20.7. The maximum absolute atomic E-state index is 5.28. The van der Waals surface area contributed by atoms with E-state index < -0.39 is 0 Å². The molecule has 0 fully saturated rings. The molecule has 0 spiro atoms. The normalized spacial score (nSPS) is 12.6. The van der Waals surface area contributed by atoms with Gasteiger partial charge in [-0.15, -0.1) is 0 Å². The molecule has 0 saturated carbocycles. The van der Waals surface area contributed by atoms with E-state index in [-0.39, 0.29) is 0 Å². The minimum Gasteiger partial charge on any atom is -0.497 e. The van der Waals surface area contributed by atoms with Crippen LogP contribution < -0.4 is 4.74 Å². The Hall–Kier alpha value is -1.24. The summed E-state index contributed by atoms with van der Waals surface area (Å²) < 4.78 is 5.28. The van der Waals surface area contributed by atoms with Gasteiger partial charge in [-0.3, -0.25) is 0 Å². The van der Waals surface area contributed by atoms with Gasteiger partial charge < -0.3 is 4.74 Å². The van der Waals surface area contributed by atoms with E-state index in [1.807, 2.05) is 6.07 Å². The Bertz CT molecular complexity index is 449. The van der Waals surface area contributed by atoms with Crippen molar-refractivity contribution in [1.29, 1.82) is 0 Å². The molecule has 25 heavy (non-hydrogen) atoms. The number of allylic oxidation sites excluding steroid dienone is 2. The summed E-state index contributed by atoms with van der Waals surface area (Å²) in [6.45, 7) is 4.66. The Kier molecular flexibility index (Phi) is 13.1. The van der Waals surface area contributed by atoms with Crippen molar-refractivity contribution in [1.82, 2.24) is 0 Å². The fraction of sp³-hybridized carbons (Fsp3) is 0.667. The fourth-order valence-electron chi connectivity index (χ4n) is 3.14. The number of unbranched alkanes of at least 4 members (excludes halogenated alkanes) is 7. The van der Waals surface area contributed by atoms with E-state index in [4.69, 9.17) is 4.74 Å². The van der Waals surface area contributed by atoms with Crippen LogP contribution in [-0.2, 0) is 6.42 Å². The molecule has 1 nitrogen and oxygen atoms in total. The molecule has 1 heteroatoms. The van der Waals surface area contributed by atoms with Crippen LogP contribution in [0.5, 0.6) is 5.75 Å². The SMILES string of the molecule is CCC(C)CCCC/C=C\CCCCCCCc1cccc(OC)c1. The topological polar surface area (TPSA) is 9.23 Å². The number of methoxy groups -OCH3 is 1. The van der Waals surface area contributed by atoms with Gasteiger partial charge in [-0.2, -0.15) is 0 Å². The standard InChI is InChI=1S/C24H40O/c1-4-22(2)17-14-12-10-8-6-5-7-9-11-13-15-18-23-19-16-20-24(21-23)25-3/h6,8,16,19-22H,4-5,7,9-15,17-18H2,1-3H3/b8-6-. The Labute approximate surface area is 156 Å². The first-order chi connectivity index (χ1) is 12.3. The molecule has 0 radical (unpaired) electrons. The molecule has 0 aromatic heterocycles. The maximum atomic E-state index is 5.28. The molecule has 0 heterocycles. The summed E-state index contributed by atoms with van der Waals surface area (Å²) in [4.78, 5) is 0. The second-order valence-corrected chi connectivity index (χ2v) is 7.43. The van der Waals surface area contributed by atoms with Gasteiger partial charge >= 0.3 is 0 Å². The summed E-state index contributed by atoms with van der Waals surface area (Å²) >= 11 is 0. The van der Waals surface area contributed by atoms with E-state index in [2.05, 4.69) is 44.2 Å². The lowest BCUT2D eigenvalue weighted by molar-refractivity contribution is 0.414. The number of hydrogen-bond donors (Lipinski definition) is 0. The van der Waals surface area contributed by atoms with Crippen molar-refractivity contribution in [2.24, 2.45) is 5.92 Å². The molecule has 142 valence electrons. The van der Waals surface area contributed by atoms with Gasteiger partial charge in [0.1, 0.15) is 5.75 Å². The largest absolute Gasteiger partial charge is 0.497 e. The molecule has 1 aromatic rings. The third-order valence-corrected chi connectivity index (χ3v) is 5.15. The highest BCUT2D eigenvalue weighted by molar-refractivity contribution is 5.28. The number of benzene rings is 1. The third kappa shape index (κ3) is 11.9. The molecule has 1 atom stereocenters. The van der Waals surface area contributed by atoms with Crippen molar-refractivity contribution < 1.29 is 4.74 Å². The molecule has 0 bridgehead atoms. The number of rotatable bonds is 15. The van der Waals surface area contributed by atoms with Gasteiger partial charge in [0.25, 0.3) is 0 Å². The lowest BCUT2D eigenvalue weighted by Gasteiger charge is -2.06. The molecule has 0 aliphatic carbocycles. The lowest BCUT2D eigenvalue weighted by atomic mass is 10.0. The van der Waals surface area contributed by atoms with Crippen molar-refractivity contribution in [2.45, 2.75) is 90.9 Å². The van der Waals surface area contributed by atoms with Crippen molar-refractivity contribution in [3.8, 4) is 5.75 Å². The van der Waals surface area contributed by atoms with Crippen molar-refractivity contribution in [2.75, 3.05) is 7.11 Å². The quantitative estimate of drug-likeness (QED) is 0.233. The molecule has 0 amide bonds. The van der Waals surface area contributed by atoms with Crippen LogP contribution in [0.4, 0.5) is 0 Å². The highest BCUT2D eigenvalue weighted by Crippen LogP contribution is 2.16. The van der Waals surface area contributed by atoms with E-state index in [0.717, 1.165) is 11.7 Å². The zero-order valence-electron chi connectivity index (χ0n) is 16.9. The highest BCUT2D eigenvalue weighted by atomic mass is 16.5. The summed E-state index contributed by atoms with van der Waals surface area (Å²) in [6, 6.07) is 8.47. The first-order valence-corrected chi connectivity index (χ1v) is 10.5. The van der Waals surface area contributed by atoms with Crippen molar-refractivity contribution >= 4 is 0 Å².